The Hall–Kier alpha value is -2.00. The van der Waals surface area contributed by atoms with E-state index < -0.39 is 0 Å². The maximum absolute atomic E-state index is 12.7. The number of hydrogen-bond acceptors (Lipinski definition) is 3. The van der Waals surface area contributed by atoms with Crippen molar-refractivity contribution in [1.29, 1.82) is 0 Å². The summed E-state index contributed by atoms with van der Waals surface area (Å²) in [6.07, 6.45) is 0. The van der Waals surface area contributed by atoms with Crippen molar-refractivity contribution in [2.75, 3.05) is 14.2 Å². The van der Waals surface area contributed by atoms with Gasteiger partial charge in [0.25, 0.3) is 0 Å². The van der Waals surface area contributed by atoms with E-state index in [2.05, 4.69) is 0 Å². The molecule has 0 atom stereocenters. The minimum Gasteiger partial charge on any atom is -0.496 e. The zero-order valence-electron chi connectivity index (χ0n) is 11.6. The maximum Gasteiger partial charge on any atom is 0.200 e. The van der Waals surface area contributed by atoms with E-state index in [0.717, 1.165) is 5.56 Å². The lowest BCUT2D eigenvalue weighted by Crippen LogP contribution is -2.07. The third kappa shape index (κ3) is 2.78. The molecule has 0 saturated heterocycles. The van der Waals surface area contributed by atoms with Gasteiger partial charge in [0.05, 0.1) is 14.2 Å². The minimum absolute atomic E-state index is 0.176. The van der Waals surface area contributed by atoms with Crippen LogP contribution in [0.25, 0.3) is 0 Å². The molecule has 2 aromatic rings. The van der Waals surface area contributed by atoms with E-state index in [0.29, 0.717) is 27.6 Å². The summed E-state index contributed by atoms with van der Waals surface area (Å²) in [6, 6.07) is 10.5. The van der Waals surface area contributed by atoms with Crippen LogP contribution in [0.1, 0.15) is 21.5 Å². The first-order valence-corrected chi connectivity index (χ1v) is 6.47. The van der Waals surface area contributed by atoms with Crippen molar-refractivity contribution in [2.45, 2.75) is 6.92 Å². The van der Waals surface area contributed by atoms with Gasteiger partial charge in [0, 0.05) is 10.6 Å². The Morgan fingerprint density at radius 1 is 1.05 bits per heavy atom. The van der Waals surface area contributed by atoms with E-state index in [9.17, 15) is 4.79 Å². The van der Waals surface area contributed by atoms with Crippen LogP contribution in [0.15, 0.2) is 36.4 Å². The molecule has 20 heavy (non-hydrogen) atoms. The predicted molar refractivity (Wildman–Crippen MR) is 79.2 cm³/mol. The Balaban J connectivity index is 2.58. The predicted octanol–water partition coefficient (Wildman–Crippen LogP) is 3.90. The topological polar surface area (TPSA) is 35.5 Å². The first-order valence-electron chi connectivity index (χ1n) is 6.09. The van der Waals surface area contributed by atoms with Gasteiger partial charge < -0.3 is 9.47 Å². The van der Waals surface area contributed by atoms with Gasteiger partial charge in [0.1, 0.15) is 17.1 Å². The van der Waals surface area contributed by atoms with Crippen LogP contribution in [0, 0.1) is 6.92 Å². The van der Waals surface area contributed by atoms with Crippen molar-refractivity contribution < 1.29 is 14.3 Å². The summed E-state index contributed by atoms with van der Waals surface area (Å²) in [4.78, 5) is 12.7. The number of ketones is 1. The zero-order chi connectivity index (χ0) is 14.7. The molecular weight excluding hydrogens is 276 g/mol. The van der Waals surface area contributed by atoms with Crippen LogP contribution < -0.4 is 9.47 Å². The number of aryl methyl sites for hydroxylation is 1. The van der Waals surface area contributed by atoms with Gasteiger partial charge in [-0.3, -0.25) is 4.79 Å². The smallest absolute Gasteiger partial charge is 0.200 e. The summed E-state index contributed by atoms with van der Waals surface area (Å²) in [5, 5.41) is 0.530. The number of methoxy groups -OCH3 is 2. The molecule has 0 radical (unpaired) electrons. The molecule has 0 N–H and O–H groups in total. The molecule has 0 aromatic heterocycles. The average molecular weight is 291 g/mol. The van der Waals surface area contributed by atoms with Crippen LogP contribution in [-0.4, -0.2) is 20.0 Å². The summed E-state index contributed by atoms with van der Waals surface area (Å²) in [5.74, 6) is 0.781. The van der Waals surface area contributed by atoms with Crippen LogP contribution in [0.2, 0.25) is 5.02 Å². The van der Waals surface area contributed by atoms with Crippen molar-refractivity contribution >= 4 is 17.4 Å². The van der Waals surface area contributed by atoms with E-state index in [1.165, 1.54) is 14.2 Å². The third-order valence-corrected chi connectivity index (χ3v) is 3.18. The first kappa shape index (κ1) is 14.4. The summed E-state index contributed by atoms with van der Waals surface area (Å²) < 4.78 is 10.5. The normalized spacial score (nSPS) is 10.2. The van der Waals surface area contributed by atoms with Crippen LogP contribution >= 0.6 is 11.6 Å². The second kappa shape index (κ2) is 5.97. The molecule has 2 rings (SSSR count). The number of halogens is 1. The standard InChI is InChI=1S/C16H15ClO3/c1-10-7-11(9-12(17)8-10)16(18)15-13(19-2)5-4-6-14(15)20-3/h4-9H,1-3H3. The highest BCUT2D eigenvalue weighted by Crippen LogP contribution is 2.31. The van der Waals surface area contributed by atoms with E-state index in [1.807, 2.05) is 6.92 Å². The van der Waals surface area contributed by atoms with Gasteiger partial charge in [-0.15, -0.1) is 0 Å². The Bertz CT molecular complexity index is 608. The summed E-state index contributed by atoms with van der Waals surface area (Å²) >= 11 is 6.01. The molecule has 2 aromatic carbocycles. The summed E-state index contributed by atoms with van der Waals surface area (Å²) in [5.41, 5.74) is 1.84. The van der Waals surface area contributed by atoms with E-state index in [4.69, 9.17) is 21.1 Å². The lowest BCUT2D eigenvalue weighted by molar-refractivity contribution is 0.103. The zero-order valence-corrected chi connectivity index (χ0v) is 12.3. The molecule has 0 unspecified atom stereocenters. The van der Waals surface area contributed by atoms with Gasteiger partial charge in [-0.2, -0.15) is 0 Å². The maximum atomic E-state index is 12.7. The Labute approximate surface area is 123 Å². The number of ether oxygens (including phenoxy) is 2. The molecule has 0 aliphatic heterocycles. The molecule has 4 heteroatoms. The van der Waals surface area contributed by atoms with Crippen LogP contribution in [-0.2, 0) is 0 Å². The van der Waals surface area contributed by atoms with E-state index in [-0.39, 0.29) is 5.78 Å². The molecule has 3 nitrogen and oxygen atoms in total. The molecular formula is C16H15ClO3. The largest absolute Gasteiger partial charge is 0.496 e. The number of hydrogen-bond donors (Lipinski definition) is 0. The SMILES string of the molecule is COc1cccc(OC)c1C(=O)c1cc(C)cc(Cl)c1. The van der Waals surface area contributed by atoms with Gasteiger partial charge in [-0.25, -0.2) is 0 Å². The molecule has 0 aliphatic rings. The van der Waals surface area contributed by atoms with Gasteiger partial charge >= 0.3 is 0 Å². The molecule has 0 fully saturated rings. The molecule has 0 bridgehead atoms. The van der Waals surface area contributed by atoms with Gasteiger partial charge in [-0.05, 0) is 42.8 Å². The molecule has 0 spiro atoms. The van der Waals surface area contributed by atoms with E-state index >= 15 is 0 Å². The van der Waals surface area contributed by atoms with Gasteiger partial charge in [-0.1, -0.05) is 17.7 Å². The summed E-state index contributed by atoms with van der Waals surface area (Å²) in [7, 11) is 3.05. The van der Waals surface area contributed by atoms with Gasteiger partial charge in [0.2, 0.25) is 5.78 Å². The molecule has 0 amide bonds. The quantitative estimate of drug-likeness (QED) is 0.801. The minimum atomic E-state index is -0.176. The first-order chi connectivity index (χ1) is 9.56. The number of rotatable bonds is 4. The fourth-order valence-corrected chi connectivity index (χ4v) is 2.38. The monoisotopic (exact) mass is 290 g/mol. The third-order valence-electron chi connectivity index (χ3n) is 2.96. The highest BCUT2D eigenvalue weighted by Gasteiger charge is 2.20. The summed E-state index contributed by atoms with van der Waals surface area (Å²) in [6.45, 7) is 1.89. The lowest BCUT2D eigenvalue weighted by Gasteiger charge is -2.12. The molecule has 0 saturated carbocycles. The highest BCUT2D eigenvalue weighted by molar-refractivity contribution is 6.31. The van der Waals surface area contributed by atoms with Gasteiger partial charge in [0.15, 0.2) is 0 Å². The molecule has 0 aliphatic carbocycles. The van der Waals surface area contributed by atoms with Crippen LogP contribution in [0.4, 0.5) is 0 Å². The van der Waals surface area contributed by atoms with Crippen molar-refractivity contribution in [3.63, 3.8) is 0 Å². The van der Waals surface area contributed by atoms with Crippen molar-refractivity contribution in [1.82, 2.24) is 0 Å². The fourth-order valence-electron chi connectivity index (χ4n) is 2.09. The molecule has 0 heterocycles. The highest BCUT2D eigenvalue weighted by atomic mass is 35.5. The second-order valence-corrected chi connectivity index (χ2v) is 4.82. The molecule has 104 valence electrons. The fraction of sp³-hybridized carbons (Fsp3) is 0.188. The van der Waals surface area contributed by atoms with E-state index in [1.54, 1.807) is 36.4 Å². The Morgan fingerprint density at radius 3 is 2.15 bits per heavy atom. The number of benzene rings is 2. The Kier molecular flexibility index (Phi) is 4.30. The second-order valence-electron chi connectivity index (χ2n) is 4.38. The number of carbonyl (C=O) groups excluding carboxylic acids is 1. The van der Waals surface area contributed by atoms with Crippen LogP contribution in [0.5, 0.6) is 11.5 Å². The number of carbonyl (C=O) groups is 1. The Morgan fingerprint density at radius 2 is 1.65 bits per heavy atom. The van der Waals surface area contributed by atoms with Crippen molar-refractivity contribution in [3.05, 3.63) is 58.1 Å². The average Bonchev–Trinajstić information content (AvgIpc) is 2.44. The lowest BCUT2D eigenvalue weighted by atomic mass is 10.00. The van der Waals surface area contributed by atoms with Crippen molar-refractivity contribution in [3.8, 4) is 11.5 Å². The van der Waals surface area contributed by atoms with Crippen molar-refractivity contribution in [2.24, 2.45) is 0 Å². The van der Waals surface area contributed by atoms with Crippen LogP contribution in [0.3, 0.4) is 0 Å².